The zero-order valence-electron chi connectivity index (χ0n) is 29.1. The average molecular weight is 781 g/mol. The number of rotatable bonds is 5. The van der Waals surface area contributed by atoms with Crippen LogP contribution in [0.25, 0.3) is 33.4 Å². The molecular formula is C45H43Cl3Zr. The van der Waals surface area contributed by atoms with Gasteiger partial charge in [0.15, 0.2) is 0 Å². The van der Waals surface area contributed by atoms with Gasteiger partial charge in [-0.2, -0.15) is 0 Å². The van der Waals surface area contributed by atoms with Crippen LogP contribution in [-0.4, -0.2) is 3.71 Å². The summed E-state index contributed by atoms with van der Waals surface area (Å²) in [5.74, 6) is 0. The molecule has 0 N–H and O–H groups in total. The van der Waals surface area contributed by atoms with E-state index in [4.69, 9.17) is 28.6 Å². The Morgan fingerprint density at radius 3 is 1.39 bits per heavy atom. The second kappa shape index (κ2) is 12.5. The van der Waals surface area contributed by atoms with E-state index in [0.717, 1.165) is 5.56 Å². The van der Waals surface area contributed by atoms with Crippen LogP contribution in [0.1, 0.15) is 73.0 Å². The standard InChI is InChI=1S/C33H33.C7H5Cl.C5H5.2ClH.Zr/c1-32(2,3)30-20-26-24(18-28(30)22-13-9-7-10-14-22)17-25-19-29(23-15-11-8-12-16-23)31(21-27(25)26)33(4,5)6;1-6-2-4-7(8)5-3-6;1-2-4-5-3-1;;;/h7-21H,1-6H3;1-5H;1-5H;2*1H;/q;;;;;+2/p-2. The molecule has 0 atom stereocenters. The van der Waals surface area contributed by atoms with Crippen LogP contribution in [-0.2, 0) is 26.7 Å². The molecule has 7 rings (SSSR count). The minimum atomic E-state index is -5.21. The summed E-state index contributed by atoms with van der Waals surface area (Å²) < 4.78 is 1.99. The molecule has 0 saturated heterocycles. The molecule has 0 fully saturated rings. The summed E-state index contributed by atoms with van der Waals surface area (Å²) in [7, 11) is 17.0. The molecule has 0 radical (unpaired) electrons. The van der Waals surface area contributed by atoms with E-state index >= 15 is 0 Å². The van der Waals surface area contributed by atoms with Gasteiger partial charge in [-0.05, 0) is 0 Å². The van der Waals surface area contributed by atoms with Crippen LogP contribution in [0.2, 0.25) is 8.65 Å². The van der Waals surface area contributed by atoms with Gasteiger partial charge >= 0.3 is 308 Å². The molecular weight excluding hydrogens is 738 g/mol. The van der Waals surface area contributed by atoms with Gasteiger partial charge < -0.3 is 0 Å². The van der Waals surface area contributed by atoms with E-state index < -0.39 is 15.9 Å². The molecule has 0 amide bonds. The van der Waals surface area contributed by atoms with Crippen LogP contribution < -0.4 is 0 Å². The van der Waals surface area contributed by atoms with Crippen molar-refractivity contribution in [1.82, 2.24) is 0 Å². The molecule has 0 nitrogen and oxygen atoms in total. The molecule has 0 aromatic heterocycles. The third kappa shape index (κ3) is 6.25. The molecule has 5 aromatic rings. The molecule has 0 spiro atoms. The second-order valence-electron chi connectivity index (χ2n) is 15.9. The van der Waals surface area contributed by atoms with Crippen molar-refractivity contribution in [3.63, 3.8) is 0 Å². The van der Waals surface area contributed by atoms with Crippen LogP contribution >= 0.6 is 28.6 Å². The fourth-order valence-corrected chi connectivity index (χ4v) is 24.4. The van der Waals surface area contributed by atoms with Crippen LogP contribution in [0, 0.1) is 0 Å². The molecule has 2 aliphatic rings. The fourth-order valence-electron chi connectivity index (χ4n) is 7.94. The number of halogens is 3. The van der Waals surface area contributed by atoms with E-state index in [0.29, 0.717) is 5.02 Å². The zero-order chi connectivity index (χ0) is 34.8. The Morgan fingerprint density at radius 1 is 0.551 bits per heavy atom. The van der Waals surface area contributed by atoms with Gasteiger partial charge in [-0.15, -0.1) is 0 Å². The Labute approximate surface area is 305 Å². The first kappa shape index (κ1) is 34.6. The summed E-state index contributed by atoms with van der Waals surface area (Å²) in [6.07, 6.45) is 8.65. The summed E-state index contributed by atoms with van der Waals surface area (Å²) in [6.45, 7) is 13.9. The summed E-state index contributed by atoms with van der Waals surface area (Å²) in [5.41, 5.74) is 13.2. The van der Waals surface area contributed by atoms with Crippen molar-refractivity contribution in [2.45, 2.75) is 59.6 Å². The third-order valence-electron chi connectivity index (χ3n) is 10.3. The van der Waals surface area contributed by atoms with Crippen LogP contribution in [0.5, 0.6) is 0 Å². The van der Waals surface area contributed by atoms with Crippen molar-refractivity contribution in [3.05, 3.63) is 166 Å². The number of hydrogen-bond donors (Lipinski definition) is 0. The van der Waals surface area contributed by atoms with E-state index in [2.05, 4.69) is 167 Å². The topological polar surface area (TPSA) is 0 Å². The molecule has 0 bridgehead atoms. The third-order valence-corrected chi connectivity index (χ3v) is 27.9. The summed E-state index contributed by atoms with van der Waals surface area (Å²) in [5, 5.41) is 0.692. The van der Waals surface area contributed by atoms with E-state index in [9.17, 15) is 0 Å². The van der Waals surface area contributed by atoms with E-state index in [1.54, 1.807) is 0 Å². The Hall–Kier alpha value is -2.80. The van der Waals surface area contributed by atoms with Crippen molar-refractivity contribution in [2.24, 2.45) is 0 Å². The molecule has 5 aromatic carbocycles. The Morgan fingerprint density at radius 2 is 0.980 bits per heavy atom. The average Bonchev–Trinajstić information content (AvgIpc) is 3.73. The van der Waals surface area contributed by atoms with Gasteiger partial charge in [-0.1, -0.05) is 0 Å². The first-order chi connectivity index (χ1) is 23.1. The Bertz CT molecular complexity index is 2070. The predicted octanol–water partition coefficient (Wildman–Crippen LogP) is 14.1. The zero-order valence-corrected chi connectivity index (χ0v) is 33.8. The minimum absolute atomic E-state index is 0.0887. The monoisotopic (exact) mass is 778 g/mol. The van der Waals surface area contributed by atoms with Crippen molar-refractivity contribution < 1.29 is 15.9 Å². The van der Waals surface area contributed by atoms with E-state index in [1.165, 1.54) is 55.6 Å². The van der Waals surface area contributed by atoms with Crippen LogP contribution in [0.4, 0.5) is 0 Å². The number of fused-ring (bicyclic) bond motifs is 3. The van der Waals surface area contributed by atoms with Crippen molar-refractivity contribution in [1.29, 1.82) is 0 Å². The molecule has 4 heteroatoms. The summed E-state index contributed by atoms with van der Waals surface area (Å²) in [6, 6.07) is 39.3. The maximum absolute atomic E-state index is 8.48. The summed E-state index contributed by atoms with van der Waals surface area (Å²) in [4.78, 5) is 0. The normalized spacial score (nSPS) is 15.1. The first-order valence-electron chi connectivity index (χ1n) is 17.2. The number of allylic oxidation sites excluding steroid dienone is 4. The predicted molar refractivity (Wildman–Crippen MR) is 212 cm³/mol. The Kier molecular flexibility index (Phi) is 8.81. The van der Waals surface area contributed by atoms with Gasteiger partial charge in [0.25, 0.3) is 0 Å². The number of benzene rings is 5. The van der Waals surface area contributed by atoms with Crippen molar-refractivity contribution in [3.8, 4) is 33.4 Å². The Balaban J connectivity index is 1.65. The van der Waals surface area contributed by atoms with Gasteiger partial charge in [0, 0.05) is 0 Å². The molecule has 0 unspecified atom stereocenters. The maximum atomic E-state index is 8.48. The number of hydrogen-bond acceptors (Lipinski definition) is 0. The molecule has 0 aliphatic heterocycles. The van der Waals surface area contributed by atoms with Crippen molar-refractivity contribution >= 4 is 32.3 Å². The summed E-state index contributed by atoms with van der Waals surface area (Å²) >= 11 is 1.16. The first-order valence-corrected chi connectivity index (χ1v) is 28.1. The molecule has 49 heavy (non-hydrogen) atoms. The second-order valence-corrected chi connectivity index (χ2v) is 37.2. The van der Waals surface area contributed by atoms with E-state index in [1.807, 2.05) is 12.1 Å². The van der Waals surface area contributed by atoms with Crippen LogP contribution in [0.15, 0.2) is 133 Å². The SMILES string of the molecule is CC(C)(C)c1cc2c(cc1-c1ccccc1)[CH]([Zr]([Cl])([Cl])(=[CH]c1ccc(Cl)cc1)[CH]1C=CC=C1)c1cc(-c3ccccc3)c(C(C)(C)C)cc1-2. The molecule has 2 aliphatic carbocycles. The van der Waals surface area contributed by atoms with Gasteiger partial charge in [0.1, 0.15) is 0 Å². The molecule has 0 saturated carbocycles. The van der Waals surface area contributed by atoms with Crippen LogP contribution in [0.3, 0.4) is 0 Å². The van der Waals surface area contributed by atoms with Gasteiger partial charge in [0.2, 0.25) is 0 Å². The van der Waals surface area contributed by atoms with Gasteiger partial charge in [-0.3, -0.25) is 0 Å². The van der Waals surface area contributed by atoms with Gasteiger partial charge in [-0.25, -0.2) is 0 Å². The van der Waals surface area contributed by atoms with E-state index in [-0.39, 0.29) is 18.1 Å². The van der Waals surface area contributed by atoms with Crippen molar-refractivity contribution in [2.75, 3.05) is 0 Å². The van der Waals surface area contributed by atoms with Gasteiger partial charge in [0.05, 0.1) is 0 Å². The quantitative estimate of drug-likeness (QED) is 0.167. The molecule has 0 heterocycles. The fraction of sp³-hybridized carbons (Fsp3) is 0.222. The molecule has 248 valence electrons.